The molecule has 0 aromatic carbocycles. The first-order valence-electron chi connectivity index (χ1n) is 6.60. The molecule has 6 nitrogen and oxygen atoms in total. The predicted octanol–water partition coefficient (Wildman–Crippen LogP) is 2.15. The van der Waals surface area contributed by atoms with Gasteiger partial charge in [-0.2, -0.15) is 0 Å². The Morgan fingerprint density at radius 1 is 1.35 bits per heavy atom. The second-order valence-electron chi connectivity index (χ2n) is 4.38. The topological polar surface area (TPSA) is 77.5 Å². The molecule has 1 heterocycles. The smallest absolute Gasteiger partial charge is 0.306 e. The van der Waals surface area contributed by atoms with Crippen molar-refractivity contribution in [1.82, 2.24) is 4.98 Å². The molecule has 0 aliphatic heterocycles. The van der Waals surface area contributed by atoms with Crippen LogP contribution in [0.15, 0.2) is 18.3 Å². The third-order valence-corrected chi connectivity index (χ3v) is 2.25. The summed E-state index contributed by atoms with van der Waals surface area (Å²) >= 11 is 0. The van der Waals surface area contributed by atoms with Gasteiger partial charge in [-0.15, -0.1) is 0 Å². The number of nitrogens with zero attached hydrogens (tertiary/aromatic N) is 1. The van der Waals surface area contributed by atoms with Crippen molar-refractivity contribution < 1.29 is 19.1 Å². The molecule has 0 spiro atoms. The van der Waals surface area contributed by atoms with Crippen LogP contribution in [0.3, 0.4) is 0 Å². The number of carbonyl (C=O) groups is 2. The number of amides is 1. The fraction of sp³-hybridized carbons (Fsp3) is 0.500. The summed E-state index contributed by atoms with van der Waals surface area (Å²) in [6, 6.07) is 3.40. The van der Waals surface area contributed by atoms with Gasteiger partial charge in [-0.1, -0.05) is 0 Å². The van der Waals surface area contributed by atoms with E-state index in [0.29, 0.717) is 18.2 Å². The lowest BCUT2D eigenvalue weighted by molar-refractivity contribution is -0.144. The average molecular weight is 280 g/mol. The van der Waals surface area contributed by atoms with Gasteiger partial charge in [-0.05, 0) is 32.9 Å². The van der Waals surface area contributed by atoms with Crippen molar-refractivity contribution in [1.29, 1.82) is 0 Å². The maximum absolute atomic E-state index is 11.8. The quantitative estimate of drug-likeness (QED) is 0.774. The summed E-state index contributed by atoms with van der Waals surface area (Å²) in [5, 5.41) is 2.68. The first-order chi connectivity index (χ1) is 9.52. The van der Waals surface area contributed by atoms with E-state index in [1.54, 1.807) is 25.3 Å². The first-order valence-corrected chi connectivity index (χ1v) is 6.60. The SMILES string of the molecule is CCOC(=O)CCC(=O)Nc1cccnc1OC(C)C. The van der Waals surface area contributed by atoms with E-state index in [1.165, 1.54) is 0 Å². The van der Waals surface area contributed by atoms with Crippen LogP contribution in [0.25, 0.3) is 0 Å². The number of ether oxygens (including phenoxy) is 2. The highest BCUT2D eigenvalue weighted by Crippen LogP contribution is 2.21. The van der Waals surface area contributed by atoms with Gasteiger partial charge in [0.2, 0.25) is 11.8 Å². The second-order valence-corrected chi connectivity index (χ2v) is 4.38. The van der Waals surface area contributed by atoms with Crippen LogP contribution in [0.4, 0.5) is 5.69 Å². The van der Waals surface area contributed by atoms with Gasteiger partial charge in [0, 0.05) is 12.6 Å². The third-order valence-electron chi connectivity index (χ3n) is 2.25. The zero-order valence-corrected chi connectivity index (χ0v) is 12.0. The van der Waals surface area contributed by atoms with Crippen LogP contribution >= 0.6 is 0 Å². The van der Waals surface area contributed by atoms with Crippen LogP contribution < -0.4 is 10.1 Å². The van der Waals surface area contributed by atoms with E-state index in [2.05, 4.69) is 10.3 Å². The van der Waals surface area contributed by atoms with Gasteiger partial charge in [-0.25, -0.2) is 4.98 Å². The van der Waals surface area contributed by atoms with E-state index >= 15 is 0 Å². The Morgan fingerprint density at radius 3 is 2.75 bits per heavy atom. The lowest BCUT2D eigenvalue weighted by Gasteiger charge is -2.13. The largest absolute Gasteiger partial charge is 0.473 e. The number of pyridine rings is 1. The molecule has 0 saturated heterocycles. The summed E-state index contributed by atoms with van der Waals surface area (Å²) in [6.07, 6.45) is 1.67. The summed E-state index contributed by atoms with van der Waals surface area (Å²) in [4.78, 5) is 27.0. The summed E-state index contributed by atoms with van der Waals surface area (Å²) in [5.41, 5.74) is 0.495. The average Bonchev–Trinajstić information content (AvgIpc) is 2.38. The maximum atomic E-state index is 11.8. The Kier molecular flexibility index (Phi) is 6.49. The van der Waals surface area contributed by atoms with Crippen molar-refractivity contribution in [3.63, 3.8) is 0 Å². The number of rotatable bonds is 7. The normalized spacial score (nSPS) is 10.2. The standard InChI is InChI=1S/C14H20N2O4/c1-4-19-13(18)8-7-12(17)16-11-6-5-9-15-14(11)20-10(2)3/h5-6,9-10H,4,7-8H2,1-3H3,(H,16,17). The molecule has 1 aromatic heterocycles. The van der Waals surface area contributed by atoms with Crippen molar-refractivity contribution in [2.45, 2.75) is 39.7 Å². The number of hydrogen-bond acceptors (Lipinski definition) is 5. The fourth-order valence-corrected chi connectivity index (χ4v) is 1.46. The van der Waals surface area contributed by atoms with E-state index in [-0.39, 0.29) is 30.8 Å². The van der Waals surface area contributed by atoms with E-state index in [4.69, 9.17) is 9.47 Å². The van der Waals surface area contributed by atoms with Gasteiger partial charge in [0.15, 0.2) is 0 Å². The number of carbonyl (C=O) groups excluding carboxylic acids is 2. The number of aromatic nitrogens is 1. The van der Waals surface area contributed by atoms with E-state index in [0.717, 1.165) is 0 Å². The van der Waals surface area contributed by atoms with Gasteiger partial charge < -0.3 is 14.8 Å². The van der Waals surface area contributed by atoms with Crippen molar-refractivity contribution in [2.24, 2.45) is 0 Å². The summed E-state index contributed by atoms with van der Waals surface area (Å²) in [6.45, 7) is 5.79. The Hall–Kier alpha value is -2.11. The maximum Gasteiger partial charge on any atom is 0.306 e. The highest BCUT2D eigenvalue weighted by Gasteiger charge is 2.12. The summed E-state index contributed by atoms with van der Waals surface area (Å²) in [7, 11) is 0. The molecule has 0 saturated carbocycles. The second kappa shape index (κ2) is 8.14. The van der Waals surface area contributed by atoms with Gasteiger partial charge in [0.1, 0.15) is 5.69 Å². The molecular formula is C14H20N2O4. The highest BCUT2D eigenvalue weighted by atomic mass is 16.5. The Morgan fingerprint density at radius 2 is 2.10 bits per heavy atom. The molecule has 1 N–H and O–H groups in total. The van der Waals surface area contributed by atoms with Crippen molar-refractivity contribution in [3.8, 4) is 5.88 Å². The lowest BCUT2D eigenvalue weighted by atomic mass is 10.3. The molecule has 1 rings (SSSR count). The van der Waals surface area contributed by atoms with Crippen molar-refractivity contribution in [3.05, 3.63) is 18.3 Å². The molecule has 20 heavy (non-hydrogen) atoms. The monoisotopic (exact) mass is 280 g/mol. The van der Waals surface area contributed by atoms with Crippen molar-refractivity contribution in [2.75, 3.05) is 11.9 Å². The van der Waals surface area contributed by atoms with Crippen molar-refractivity contribution >= 4 is 17.6 Å². The predicted molar refractivity (Wildman–Crippen MR) is 74.5 cm³/mol. The van der Waals surface area contributed by atoms with Crippen LogP contribution in [-0.2, 0) is 14.3 Å². The number of esters is 1. The molecule has 1 amide bonds. The Bertz CT molecular complexity index is 460. The minimum atomic E-state index is -0.382. The van der Waals surface area contributed by atoms with Crippen LogP contribution in [-0.4, -0.2) is 29.6 Å². The molecule has 0 aliphatic carbocycles. The number of hydrogen-bond donors (Lipinski definition) is 1. The molecular weight excluding hydrogens is 260 g/mol. The number of nitrogens with one attached hydrogen (secondary N) is 1. The molecule has 0 aliphatic rings. The third kappa shape index (κ3) is 5.69. The van der Waals surface area contributed by atoms with Gasteiger partial charge in [-0.3, -0.25) is 9.59 Å². The first kappa shape index (κ1) is 15.9. The molecule has 0 atom stereocenters. The van der Waals surface area contributed by atoms with Crippen LogP contribution in [0.2, 0.25) is 0 Å². The minimum absolute atomic E-state index is 0.0416. The van der Waals surface area contributed by atoms with Crippen LogP contribution in [0.1, 0.15) is 33.6 Å². The highest BCUT2D eigenvalue weighted by molar-refractivity contribution is 5.93. The molecule has 6 heteroatoms. The fourth-order valence-electron chi connectivity index (χ4n) is 1.46. The van der Waals surface area contributed by atoms with Gasteiger partial charge >= 0.3 is 5.97 Å². The van der Waals surface area contributed by atoms with Gasteiger partial charge in [0.25, 0.3) is 0 Å². The molecule has 0 unspecified atom stereocenters. The van der Waals surface area contributed by atoms with Crippen LogP contribution in [0.5, 0.6) is 5.88 Å². The van der Waals surface area contributed by atoms with E-state index in [9.17, 15) is 9.59 Å². The van der Waals surface area contributed by atoms with Gasteiger partial charge in [0.05, 0.1) is 19.1 Å². The lowest BCUT2D eigenvalue weighted by Crippen LogP contribution is -2.16. The van der Waals surface area contributed by atoms with E-state index in [1.807, 2.05) is 13.8 Å². The summed E-state index contributed by atoms with van der Waals surface area (Å²) in [5.74, 6) is -0.292. The zero-order chi connectivity index (χ0) is 15.0. The van der Waals surface area contributed by atoms with E-state index < -0.39 is 0 Å². The Labute approximate surface area is 118 Å². The molecule has 1 aromatic rings. The minimum Gasteiger partial charge on any atom is -0.473 e. The molecule has 110 valence electrons. The molecule has 0 radical (unpaired) electrons. The van der Waals surface area contributed by atoms with Crippen LogP contribution in [0, 0.1) is 0 Å². The number of anilines is 1. The summed E-state index contributed by atoms with van der Waals surface area (Å²) < 4.78 is 10.3. The Balaban J connectivity index is 2.55. The molecule has 0 fully saturated rings. The molecule has 0 bridgehead atoms. The zero-order valence-electron chi connectivity index (χ0n) is 12.0.